The Kier molecular flexibility index (Phi) is 6.63. The lowest BCUT2D eigenvalue weighted by atomic mass is 10.1. The zero-order valence-corrected chi connectivity index (χ0v) is 19.6. The number of furan rings is 1. The Morgan fingerprint density at radius 1 is 1.09 bits per heavy atom. The second kappa shape index (κ2) is 9.62. The third-order valence-corrected chi connectivity index (χ3v) is 5.92. The van der Waals surface area contributed by atoms with Crippen molar-refractivity contribution < 1.29 is 23.9 Å². The van der Waals surface area contributed by atoms with Crippen LogP contribution in [0.3, 0.4) is 0 Å². The van der Waals surface area contributed by atoms with Crippen molar-refractivity contribution in [3.63, 3.8) is 0 Å². The zero-order chi connectivity index (χ0) is 24.4. The molecule has 9 heteroatoms. The Morgan fingerprint density at radius 2 is 1.82 bits per heavy atom. The third kappa shape index (κ3) is 4.37. The van der Waals surface area contributed by atoms with Crippen LogP contribution in [0.1, 0.15) is 29.5 Å². The number of benzene rings is 2. The van der Waals surface area contributed by atoms with Crippen LogP contribution < -0.4 is 4.90 Å². The molecule has 1 fully saturated rings. The number of hydrogen-bond acceptors (Lipinski definition) is 5. The first-order valence-electron chi connectivity index (χ1n) is 10.4. The van der Waals surface area contributed by atoms with E-state index < -0.39 is 17.8 Å². The summed E-state index contributed by atoms with van der Waals surface area (Å²) in [5.74, 6) is -1.58. The molecular weight excluding hydrogens is 476 g/mol. The molecule has 2 heterocycles. The highest BCUT2D eigenvalue weighted by Crippen LogP contribution is 2.30. The summed E-state index contributed by atoms with van der Waals surface area (Å²) in [6.07, 6.45) is 2.03. The molecule has 2 amide bonds. The highest BCUT2D eigenvalue weighted by molar-refractivity contribution is 7.80. The summed E-state index contributed by atoms with van der Waals surface area (Å²) in [7, 11) is 0. The van der Waals surface area contributed by atoms with Crippen LogP contribution in [0.2, 0.25) is 5.02 Å². The maximum absolute atomic E-state index is 13.3. The Bertz CT molecular complexity index is 1330. The smallest absolute Gasteiger partial charge is 0.337 e. The van der Waals surface area contributed by atoms with E-state index >= 15 is 0 Å². The quantitative estimate of drug-likeness (QED) is 0.286. The van der Waals surface area contributed by atoms with Gasteiger partial charge in [0.15, 0.2) is 5.11 Å². The van der Waals surface area contributed by atoms with Crippen LogP contribution in [0.4, 0.5) is 5.69 Å². The number of rotatable bonds is 6. The molecule has 0 radical (unpaired) electrons. The van der Waals surface area contributed by atoms with E-state index in [0.29, 0.717) is 30.0 Å². The first-order valence-corrected chi connectivity index (χ1v) is 11.2. The average Bonchev–Trinajstić information content (AvgIpc) is 3.29. The van der Waals surface area contributed by atoms with Gasteiger partial charge in [0.1, 0.15) is 17.1 Å². The summed E-state index contributed by atoms with van der Waals surface area (Å²) in [5.41, 5.74) is 0.899. The van der Waals surface area contributed by atoms with Crippen molar-refractivity contribution >= 4 is 58.5 Å². The van der Waals surface area contributed by atoms with Crippen molar-refractivity contribution in [2.45, 2.75) is 13.3 Å². The lowest BCUT2D eigenvalue weighted by molar-refractivity contribution is -0.127. The number of carbonyl (C=O) groups excluding carboxylic acids is 2. The molecule has 1 saturated heterocycles. The molecule has 1 aliphatic rings. The van der Waals surface area contributed by atoms with E-state index in [1.807, 2.05) is 13.0 Å². The predicted octanol–water partition coefficient (Wildman–Crippen LogP) is 5.25. The van der Waals surface area contributed by atoms with E-state index in [-0.39, 0.29) is 27.0 Å². The van der Waals surface area contributed by atoms with Crippen LogP contribution in [0.5, 0.6) is 0 Å². The average molecular weight is 495 g/mol. The van der Waals surface area contributed by atoms with Crippen LogP contribution in [-0.4, -0.2) is 39.4 Å². The van der Waals surface area contributed by atoms with E-state index in [1.165, 1.54) is 28.0 Å². The summed E-state index contributed by atoms with van der Waals surface area (Å²) < 4.78 is 5.82. The monoisotopic (exact) mass is 494 g/mol. The summed E-state index contributed by atoms with van der Waals surface area (Å²) in [5, 5.41) is 9.54. The van der Waals surface area contributed by atoms with Gasteiger partial charge < -0.3 is 9.52 Å². The second-order valence-electron chi connectivity index (χ2n) is 7.48. The fourth-order valence-electron chi connectivity index (χ4n) is 3.57. The number of anilines is 1. The molecule has 34 heavy (non-hydrogen) atoms. The minimum absolute atomic E-state index is 0.0599. The normalized spacial score (nSPS) is 15.4. The van der Waals surface area contributed by atoms with E-state index in [0.717, 1.165) is 0 Å². The third-order valence-electron chi connectivity index (χ3n) is 5.19. The molecule has 7 nitrogen and oxygen atoms in total. The highest BCUT2D eigenvalue weighted by atomic mass is 35.5. The first kappa shape index (κ1) is 23.4. The van der Waals surface area contributed by atoms with Crippen LogP contribution in [0.15, 0.2) is 70.7 Å². The molecule has 3 aromatic rings. The molecule has 0 saturated carbocycles. The van der Waals surface area contributed by atoms with Gasteiger partial charge in [0.05, 0.1) is 16.3 Å². The van der Waals surface area contributed by atoms with Gasteiger partial charge in [-0.1, -0.05) is 36.7 Å². The number of aromatic carboxylic acids is 1. The minimum Gasteiger partial charge on any atom is -0.478 e. The molecule has 1 aliphatic heterocycles. The molecule has 1 aromatic heterocycles. The Morgan fingerprint density at radius 3 is 2.50 bits per heavy atom. The summed E-state index contributed by atoms with van der Waals surface area (Å²) in [6, 6.07) is 16.6. The van der Waals surface area contributed by atoms with Crippen molar-refractivity contribution in [3.8, 4) is 11.3 Å². The number of carboxylic acids is 1. The number of para-hydroxylation sites is 1. The van der Waals surface area contributed by atoms with E-state index in [2.05, 4.69) is 0 Å². The van der Waals surface area contributed by atoms with Gasteiger partial charge in [-0.25, -0.2) is 4.79 Å². The lowest BCUT2D eigenvalue weighted by Gasteiger charge is -2.36. The van der Waals surface area contributed by atoms with Crippen molar-refractivity contribution in [1.29, 1.82) is 0 Å². The minimum atomic E-state index is -1.16. The zero-order valence-electron chi connectivity index (χ0n) is 18.0. The van der Waals surface area contributed by atoms with E-state index in [1.54, 1.807) is 42.5 Å². The molecule has 0 aliphatic carbocycles. The van der Waals surface area contributed by atoms with Gasteiger partial charge in [0.25, 0.3) is 11.8 Å². The number of nitrogens with zero attached hydrogens (tertiary/aromatic N) is 2. The molecule has 0 unspecified atom stereocenters. The Labute approximate surface area is 205 Å². The van der Waals surface area contributed by atoms with Gasteiger partial charge in [0.2, 0.25) is 0 Å². The SMILES string of the molecule is CCCN1C(=O)/C(=C/c2ccc(-c3ccc(Cl)c(C(=O)O)c3)o2)C(=O)N(c2ccccc2)C1=S. The first-order chi connectivity index (χ1) is 16.3. The Balaban J connectivity index is 1.73. The van der Waals surface area contributed by atoms with Gasteiger partial charge in [-0.2, -0.15) is 0 Å². The van der Waals surface area contributed by atoms with Crippen LogP contribution in [-0.2, 0) is 9.59 Å². The highest BCUT2D eigenvalue weighted by Gasteiger charge is 2.40. The Hall–Kier alpha value is -3.75. The van der Waals surface area contributed by atoms with Gasteiger partial charge >= 0.3 is 5.97 Å². The van der Waals surface area contributed by atoms with Crippen LogP contribution >= 0.6 is 23.8 Å². The van der Waals surface area contributed by atoms with E-state index in [4.69, 9.17) is 28.2 Å². The van der Waals surface area contributed by atoms with Crippen molar-refractivity contribution in [1.82, 2.24) is 4.90 Å². The van der Waals surface area contributed by atoms with Crippen molar-refractivity contribution in [2.24, 2.45) is 0 Å². The standard InChI is InChI=1S/C25H19ClN2O5S/c1-2-12-27-22(29)19(23(30)28(25(27)34)16-6-4-3-5-7-16)14-17-9-11-21(33-17)15-8-10-20(26)18(13-15)24(31)32/h3-11,13-14H,2,12H2,1H3,(H,31,32)/b19-14-. The van der Waals surface area contributed by atoms with Crippen molar-refractivity contribution in [2.75, 3.05) is 11.4 Å². The molecule has 0 spiro atoms. The summed E-state index contributed by atoms with van der Waals surface area (Å²) in [6.45, 7) is 2.27. The fraction of sp³-hybridized carbons (Fsp3) is 0.120. The fourth-order valence-corrected chi connectivity index (χ4v) is 4.13. The molecule has 0 atom stereocenters. The molecule has 2 aromatic carbocycles. The molecular formula is C25H19ClN2O5S. The van der Waals surface area contributed by atoms with Gasteiger partial charge in [-0.05, 0) is 67.2 Å². The second-order valence-corrected chi connectivity index (χ2v) is 8.25. The maximum atomic E-state index is 13.3. The molecule has 1 N–H and O–H groups in total. The van der Waals surface area contributed by atoms with Crippen LogP contribution in [0, 0.1) is 0 Å². The molecule has 172 valence electrons. The number of carboxylic acid groups (broad SMARTS) is 1. The summed E-state index contributed by atoms with van der Waals surface area (Å²) in [4.78, 5) is 40.6. The predicted molar refractivity (Wildman–Crippen MR) is 133 cm³/mol. The number of amides is 2. The number of thiocarbonyl (C=S) groups is 1. The van der Waals surface area contributed by atoms with Gasteiger partial charge in [-0.3, -0.25) is 19.4 Å². The molecule has 0 bridgehead atoms. The molecule has 4 rings (SSSR count). The van der Waals surface area contributed by atoms with Crippen LogP contribution in [0.25, 0.3) is 17.4 Å². The lowest BCUT2D eigenvalue weighted by Crippen LogP contribution is -2.56. The number of hydrogen-bond donors (Lipinski definition) is 1. The van der Waals surface area contributed by atoms with Crippen molar-refractivity contribution in [3.05, 3.63) is 82.6 Å². The maximum Gasteiger partial charge on any atom is 0.337 e. The topological polar surface area (TPSA) is 91.1 Å². The van der Waals surface area contributed by atoms with E-state index in [9.17, 15) is 19.5 Å². The largest absolute Gasteiger partial charge is 0.478 e. The summed E-state index contributed by atoms with van der Waals surface area (Å²) >= 11 is 11.4. The van der Waals surface area contributed by atoms with Gasteiger partial charge in [0, 0.05) is 12.1 Å². The number of halogens is 1. The number of carbonyl (C=O) groups is 3. The van der Waals surface area contributed by atoms with Gasteiger partial charge in [-0.15, -0.1) is 0 Å².